The standard InChI is InChI=1S/C8H8F3NO/c1-5-3-7(4-12-6(5)2)13-8(9,10)11/h3-4H,1-2H3. The van der Waals surface area contributed by atoms with E-state index in [9.17, 15) is 13.2 Å². The first kappa shape index (κ1) is 9.83. The van der Waals surface area contributed by atoms with Crippen molar-refractivity contribution < 1.29 is 17.9 Å². The SMILES string of the molecule is Cc1cc(OC(F)(F)F)cnc1C. The summed E-state index contributed by atoms with van der Waals surface area (Å²) in [7, 11) is 0. The van der Waals surface area contributed by atoms with E-state index in [1.54, 1.807) is 13.8 Å². The zero-order valence-electron chi connectivity index (χ0n) is 7.14. The van der Waals surface area contributed by atoms with Crippen molar-refractivity contribution in [2.24, 2.45) is 0 Å². The van der Waals surface area contributed by atoms with Gasteiger partial charge in [0.05, 0.1) is 6.20 Å². The topological polar surface area (TPSA) is 22.1 Å². The van der Waals surface area contributed by atoms with Crippen LogP contribution in [0.3, 0.4) is 0 Å². The third kappa shape index (κ3) is 2.93. The highest BCUT2D eigenvalue weighted by Gasteiger charge is 2.31. The van der Waals surface area contributed by atoms with Gasteiger partial charge < -0.3 is 4.74 Å². The molecule has 0 unspecified atom stereocenters. The van der Waals surface area contributed by atoms with Gasteiger partial charge in [-0.25, -0.2) is 0 Å². The van der Waals surface area contributed by atoms with Crippen LogP contribution in [0.1, 0.15) is 11.3 Å². The van der Waals surface area contributed by atoms with Gasteiger partial charge >= 0.3 is 6.36 Å². The van der Waals surface area contributed by atoms with Crippen molar-refractivity contribution in [1.29, 1.82) is 0 Å². The molecule has 2 nitrogen and oxygen atoms in total. The maximum Gasteiger partial charge on any atom is 0.573 e. The lowest BCUT2D eigenvalue weighted by Gasteiger charge is -2.09. The fourth-order valence-corrected chi connectivity index (χ4v) is 0.807. The van der Waals surface area contributed by atoms with Crippen molar-refractivity contribution in [2.45, 2.75) is 20.2 Å². The highest BCUT2D eigenvalue weighted by Crippen LogP contribution is 2.22. The average Bonchev–Trinajstić information content (AvgIpc) is 1.94. The van der Waals surface area contributed by atoms with Crippen LogP contribution in [-0.2, 0) is 0 Å². The molecule has 0 aliphatic carbocycles. The minimum Gasteiger partial charge on any atom is -0.404 e. The first-order valence-electron chi connectivity index (χ1n) is 3.57. The van der Waals surface area contributed by atoms with Gasteiger partial charge in [-0.1, -0.05) is 0 Å². The third-order valence-corrected chi connectivity index (χ3v) is 1.55. The zero-order chi connectivity index (χ0) is 10.1. The van der Waals surface area contributed by atoms with Gasteiger partial charge in [-0.2, -0.15) is 0 Å². The van der Waals surface area contributed by atoms with E-state index >= 15 is 0 Å². The van der Waals surface area contributed by atoms with Gasteiger partial charge in [0.25, 0.3) is 0 Å². The largest absolute Gasteiger partial charge is 0.573 e. The average molecular weight is 191 g/mol. The van der Waals surface area contributed by atoms with E-state index < -0.39 is 6.36 Å². The molecule has 0 fully saturated rings. The first-order chi connectivity index (χ1) is 5.88. The number of pyridine rings is 1. The molecule has 0 aliphatic heterocycles. The predicted octanol–water partition coefficient (Wildman–Crippen LogP) is 2.60. The van der Waals surface area contributed by atoms with Gasteiger partial charge in [0.2, 0.25) is 0 Å². The summed E-state index contributed by atoms with van der Waals surface area (Å²) in [6.07, 6.45) is -3.60. The van der Waals surface area contributed by atoms with Crippen LogP contribution < -0.4 is 4.74 Å². The van der Waals surface area contributed by atoms with Crippen LogP contribution in [0, 0.1) is 13.8 Å². The Hall–Kier alpha value is -1.26. The molecular weight excluding hydrogens is 183 g/mol. The quantitative estimate of drug-likeness (QED) is 0.680. The van der Waals surface area contributed by atoms with E-state index in [0.717, 1.165) is 6.20 Å². The van der Waals surface area contributed by atoms with Crippen LogP contribution in [0.15, 0.2) is 12.3 Å². The molecule has 0 saturated carbocycles. The molecule has 1 aromatic heterocycles. The minimum absolute atomic E-state index is 0.282. The highest BCUT2D eigenvalue weighted by molar-refractivity contribution is 5.27. The van der Waals surface area contributed by atoms with Crippen molar-refractivity contribution >= 4 is 0 Å². The van der Waals surface area contributed by atoms with Crippen LogP contribution in [-0.4, -0.2) is 11.3 Å². The summed E-state index contributed by atoms with van der Waals surface area (Å²) >= 11 is 0. The maximum atomic E-state index is 11.7. The molecule has 0 amide bonds. The van der Waals surface area contributed by atoms with E-state index in [0.29, 0.717) is 11.3 Å². The van der Waals surface area contributed by atoms with Gasteiger partial charge in [0, 0.05) is 5.69 Å². The molecule has 1 heterocycles. The number of nitrogens with zero attached hydrogens (tertiary/aromatic N) is 1. The van der Waals surface area contributed by atoms with E-state index in [1.807, 2.05) is 0 Å². The number of ether oxygens (including phenoxy) is 1. The molecule has 0 atom stereocenters. The Morgan fingerprint density at radius 3 is 2.38 bits per heavy atom. The van der Waals surface area contributed by atoms with Crippen molar-refractivity contribution in [3.63, 3.8) is 0 Å². The summed E-state index contributed by atoms with van der Waals surface area (Å²) in [4.78, 5) is 3.74. The van der Waals surface area contributed by atoms with Crippen LogP contribution >= 0.6 is 0 Å². The lowest BCUT2D eigenvalue weighted by Crippen LogP contribution is -2.17. The molecule has 0 aromatic carbocycles. The second-order valence-corrected chi connectivity index (χ2v) is 2.62. The Bertz CT molecular complexity index is 309. The number of aryl methyl sites for hydroxylation is 2. The Morgan fingerprint density at radius 2 is 1.92 bits per heavy atom. The number of rotatable bonds is 1. The molecule has 1 rings (SSSR count). The summed E-state index contributed by atoms with van der Waals surface area (Å²) in [5.41, 5.74) is 1.36. The molecule has 0 bridgehead atoms. The summed E-state index contributed by atoms with van der Waals surface area (Å²) < 4.78 is 38.8. The summed E-state index contributed by atoms with van der Waals surface area (Å²) in [6.45, 7) is 3.39. The molecule has 5 heteroatoms. The summed E-state index contributed by atoms with van der Waals surface area (Å²) in [5.74, 6) is -0.282. The number of hydrogen-bond donors (Lipinski definition) is 0. The van der Waals surface area contributed by atoms with Gasteiger partial charge in [0.15, 0.2) is 0 Å². The molecule has 0 radical (unpaired) electrons. The van der Waals surface area contributed by atoms with E-state index in [4.69, 9.17) is 0 Å². The molecular formula is C8H8F3NO. The van der Waals surface area contributed by atoms with E-state index in [1.165, 1.54) is 6.07 Å². The molecule has 0 saturated heterocycles. The molecule has 13 heavy (non-hydrogen) atoms. The Morgan fingerprint density at radius 1 is 1.31 bits per heavy atom. The summed E-state index contributed by atoms with van der Waals surface area (Å²) in [5, 5.41) is 0. The fourth-order valence-electron chi connectivity index (χ4n) is 0.807. The smallest absolute Gasteiger partial charge is 0.404 e. The van der Waals surface area contributed by atoms with Crippen LogP contribution in [0.25, 0.3) is 0 Å². The van der Waals surface area contributed by atoms with E-state index in [-0.39, 0.29) is 5.75 Å². The van der Waals surface area contributed by atoms with Crippen LogP contribution in [0.4, 0.5) is 13.2 Å². The first-order valence-corrected chi connectivity index (χ1v) is 3.57. The molecule has 72 valence electrons. The van der Waals surface area contributed by atoms with Gasteiger partial charge in [-0.05, 0) is 25.5 Å². The lowest BCUT2D eigenvalue weighted by molar-refractivity contribution is -0.274. The van der Waals surface area contributed by atoms with Crippen molar-refractivity contribution in [2.75, 3.05) is 0 Å². The van der Waals surface area contributed by atoms with Crippen molar-refractivity contribution in [1.82, 2.24) is 4.98 Å². The number of halogens is 3. The number of aromatic nitrogens is 1. The third-order valence-electron chi connectivity index (χ3n) is 1.55. The van der Waals surface area contributed by atoms with Gasteiger partial charge in [-0.15, -0.1) is 13.2 Å². The Balaban J connectivity index is 2.86. The Labute approximate surface area is 73.4 Å². The van der Waals surface area contributed by atoms with Crippen molar-refractivity contribution in [3.05, 3.63) is 23.5 Å². The van der Waals surface area contributed by atoms with Crippen molar-refractivity contribution in [3.8, 4) is 5.75 Å². The van der Waals surface area contributed by atoms with Gasteiger partial charge in [0.1, 0.15) is 5.75 Å². The van der Waals surface area contributed by atoms with Gasteiger partial charge in [-0.3, -0.25) is 4.98 Å². The number of alkyl halides is 3. The second-order valence-electron chi connectivity index (χ2n) is 2.62. The predicted molar refractivity (Wildman–Crippen MR) is 40.4 cm³/mol. The molecule has 1 aromatic rings. The Kier molecular flexibility index (Phi) is 2.45. The number of hydrogen-bond acceptors (Lipinski definition) is 2. The second kappa shape index (κ2) is 3.24. The maximum absolute atomic E-state index is 11.7. The normalized spacial score (nSPS) is 11.5. The van der Waals surface area contributed by atoms with Crippen LogP contribution in [0.2, 0.25) is 0 Å². The molecule has 0 aliphatic rings. The zero-order valence-corrected chi connectivity index (χ0v) is 7.14. The van der Waals surface area contributed by atoms with Crippen LogP contribution in [0.5, 0.6) is 5.75 Å². The minimum atomic E-state index is -4.65. The molecule has 0 N–H and O–H groups in total. The van der Waals surface area contributed by atoms with E-state index in [2.05, 4.69) is 9.72 Å². The molecule has 0 spiro atoms. The summed E-state index contributed by atoms with van der Waals surface area (Å²) in [6, 6.07) is 1.30. The lowest BCUT2D eigenvalue weighted by atomic mass is 10.2. The monoisotopic (exact) mass is 191 g/mol. The highest BCUT2D eigenvalue weighted by atomic mass is 19.4. The fraction of sp³-hybridized carbons (Fsp3) is 0.375.